The number of thiol groups is 1. The highest BCUT2D eigenvalue weighted by molar-refractivity contribution is 7.80. The molecule has 0 spiro atoms. The topological polar surface area (TPSA) is 87.0 Å². The van der Waals surface area contributed by atoms with Gasteiger partial charge in [0.15, 0.2) is 0 Å². The summed E-state index contributed by atoms with van der Waals surface area (Å²) in [5.41, 5.74) is 11.1. The Morgan fingerprint density at radius 2 is 1.53 bits per heavy atom. The molecular weight excluding hydrogens is 234 g/mol. The molecule has 4 nitrogen and oxygen atoms in total. The van der Waals surface area contributed by atoms with Gasteiger partial charge in [0.25, 0.3) is 0 Å². The Labute approximate surface area is 109 Å². The lowest BCUT2D eigenvalue weighted by Crippen LogP contribution is -2.26. The van der Waals surface area contributed by atoms with Crippen LogP contribution in [0.5, 0.6) is 0 Å². The molecule has 5 heteroatoms. The molecule has 0 aromatic carbocycles. The summed E-state index contributed by atoms with van der Waals surface area (Å²) in [6.45, 7) is 0. The van der Waals surface area contributed by atoms with Crippen LogP contribution in [0.2, 0.25) is 0 Å². The molecule has 0 aromatic rings. The average molecular weight is 259 g/mol. The number of nitrogens with one attached hydrogen (secondary N) is 2. The van der Waals surface area contributed by atoms with Crippen molar-refractivity contribution in [3.05, 3.63) is 0 Å². The lowest BCUT2D eigenvalue weighted by Gasteiger charge is -2.09. The molecule has 1 saturated heterocycles. The Morgan fingerprint density at radius 3 is 2.00 bits per heavy atom. The molecule has 1 fully saturated rings. The Bertz CT molecular complexity index is 232. The molecule has 0 saturated carbocycles. The average Bonchev–Trinajstić information content (AvgIpc) is 3.01. The highest BCUT2D eigenvalue weighted by Crippen LogP contribution is 2.23. The SMILES string of the molecule is NC(=O)CC1(CCCCCCCCCS)NN1. The number of rotatable bonds is 11. The van der Waals surface area contributed by atoms with E-state index >= 15 is 0 Å². The first-order valence-corrected chi connectivity index (χ1v) is 7.25. The van der Waals surface area contributed by atoms with Gasteiger partial charge in [0, 0.05) is 0 Å². The number of unbranched alkanes of at least 4 members (excludes halogenated alkanes) is 6. The van der Waals surface area contributed by atoms with Crippen LogP contribution >= 0.6 is 12.6 Å². The molecule has 0 atom stereocenters. The van der Waals surface area contributed by atoms with E-state index in [0.29, 0.717) is 6.42 Å². The van der Waals surface area contributed by atoms with Gasteiger partial charge in [-0.25, -0.2) is 10.9 Å². The molecule has 1 heterocycles. The fraction of sp³-hybridized carbons (Fsp3) is 0.917. The maximum absolute atomic E-state index is 10.8. The molecule has 0 aliphatic carbocycles. The lowest BCUT2D eigenvalue weighted by atomic mass is 10.0. The van der Waals surface area contributed by atoms with Crippen molar-refractivity contribution in [3.63, 3.8) is 0 Å². The maximum atomic E-state index is 10.8. The summed E-state index contributed by atoms with van der Waals surface area (Å²) < 4.78 is 0. The van der Waals surface area contributed by atoms with Crippen LogP contribution in [0.1, 0.15) is 57.8 Å². The number of carbonyl (C=O) groups excluding carboxylic acids is 1. The molecule has 1 aliphatic heterocycles. The molecule has 1 amide bonds. The first-order chi connectivity index (χ1) is 8.18. The number of amides is 1. The van der Waals surface area contributed by atoms with Crippen LogP contribution in [0.4, 0.5) is 0 Å². The summed E-state index contributed by atoms with van der Waals surface area (Å²) >= 11 is 4.19. The molecule has 4 N–H and O–H groups in total. The minimum Gasteiger partial charge on any atom is -0.370 e. The van der Waals surface area contributed by atoms with E-state index in [0.717, 1.165) is 18.6 Å². The normalized spacial score (nSPS) is 17.0. The summed E-state index contributed by atoms with van der Waals surface area (Å²) in [5.74, 6) is 0.765. The highest BCUT2D eigenvalue weighted by Gasteiger charge is 2.42. The zero-order chi connectivity index (χ0) is 12.6. The number of carbonyl (C=O) groups is 1. The van der Waals surface area contributed by atoms with E-state index in [2.05, 4.69) is 23.5 Å². The van der Waals surface area contributed by atoms with Gasteiger partial charge in [-0.15, -0.1) is 0 Å². The number of hydrazine groups is 1. The summed E-state index contributed by atoms with van der Waals surface area (Å²) in [7, 11) is 0. The van der Waals surface area contributed by atoms with Gasteiger partial charge in [-0.05, 0) is 18.6 Å². The van der Waals surface area contributed by atoms with E-state index < -0.39 is 0 Å². The monoisotopic (exact) mass is 259 g/mol. The van der Waals surface area contributed by atoms with Crippen molar-refractivity contribution in [1.29, 1.82) is 0 Å². The van der Waals surface area contributed by atoms with E-state index in [9.17, 15) is 4.79 Å². The largest absolute Gasteiger partial charge is 0.370 e. The van der Waals surface area contributed by atoms with Gasteiger partial charge in [-0.3, -0.25) is 4.79 Å². The summed E-state index contributed by atoms with van der Waals surface area (Å²) in [6, 6.07) is 0. The molecule has 0 aromatic heterocycles. The molecular formula is C12H25N3OS. The van der Waals surface area contributed by atoms with Crippen molar-refractivity contribution < 1.29 is 4.79 Å². The number of primary amides is 1. The zero-order valence-electron chi connectivity index (χ0n) is 10.5. The fourth-order valence-corrected chi connectivity index (χ4v) is 2.33. The second kappa shape index (κ2) is 7.95. The maximum Gasteiger partial charge on any atom is 0.220 e. The van der Waals surface area contributed by atoms with Crippen molar-refractivity contribution in [2.75, 3.05) is 5.75 Å². The van der Waals surface area contributed by atoms with Gasteiger partial charge in [-0.2, -0.15) is 12.6 Å². The van der Waals surface area contributed by atoms with Crippen molar-refractivity contribution >= 4 is 18.5 Å². The van der Waals surface area contributed by atoms with E-state index in [-0.39, 0.29) is 11.6 Å². The van der Waals surface area contributed by atoms with Crippen molar-refractivity contribution in [2.45, 2.75) is 63.5 Å². The highest BCUT2D eigenvalue weighted by atomic mass is 32.1. The molecule has 0 bridgehead atoms. The Kier molecular flexibility index (Phi) is 6.92. The van der Waals surface area contributed by atoms with Crippen molar-refractivity contribution in [2.24, 2.45) is 5.73 Å². The third-order valence-corrected chi connectivity index (χ3v) is 3.53. The van der Waals surface area contributed by atoms with Gasteiger partial charge >= 0.3 is 0 Å². The zero-order valence-corrected chi connectivity index (χ0v) is 11.4. The molecule has 100 valence electrons. The van der Waals surface area contributed by atoms with Crippen LogP contribution in [0.15, 0.2) is 0 Å². The van der Waals surface area contributed by atoms with Crippen LogP contribution in [0, 0.1) is 0 Å². The van der Waals surface area contributed by atoms with Crippen LogP contribution in [-0.4, -0.2) is 17.3 Å². The summed E-state index contributed by atoms with van der Waals surface area (Å²) in [6.07, 6.45) is 10.3. The third kappa shape index (κ3) is 6.91. The van der Waals surface area contributed by atoms with E-state index in [4.69, 9.17) is 5.73 Å². The predicted octanol–water partition coefficient (Wildman–Crippen LogP) is 1.72. The first kappa shape index (κ1) is 14.8. The van der Waals surface area contributed by atoms with Gasteiger partial charge in [-0.1, -0.05) is 38.5 Å². The van der Waals surface area contributed by atoms with E-state index in [1.54, 1.807) is 0 Å². The minimum atomic E-state index is -0.241. The first-order valence-electron chi connectivity index (χ1n) is 6.62. The number of nitrogens with two attached hydrogens (primary N) is 1. The van der Waals surface area contributed by atoms with Crippen LogP contribution in [0.25, 0.3) is 0 Å². The van der Waals surface area contributed by atoms with E-state index in [1.165, 1.54) is 38.5 Å². The van der Waals surface area contributed by atoms with Crippen LogP contribution in [0.3, 0.4) is 0 Å². The molecule has 0 unspecified atom stereocenters. The van der Waals surface area contributed by atoms with Crippen molar-refractivity contribution in [1.82, 2.24) is 10.9 Å². The molecule has 1 aliphatic rings. The Hall–Kier alpha value is -0.260. The number of hydrogen-bond acceptors (Lipinski definition) is 4. The fourth-order valence-electron chi connectivity index (χ4n) is 2.11. The molecule has 0 radical (unpaired) electrons. The summed E-state index contributed by atoms with van der Waals surface area (Å²) in [5, 5.41) is 0. The quantitative estimate of drug-likeness (QED) is 0.259. The predicted molar refractivity (Wildman–Crippen MR) is 73.6 cm³/mol. The van der Waals surface area contributed by atoms with E-state index in [1.807, 2.05) is 0 Å². The van der Waals surface area contributed by atoms with Gasteiger partial charge in [0.05, 0.1) is 6.42 Å². The third-order valence-electron chi connectivity index (χ3n) is 3.22. The van der Waals surface area contributed by atoms with Crippen LogP contribution < -0.4 is 16.6 Å². The molecule has 1 rings (SSSR count). The Morgan fingerprint density at radius 1 is 1.00 bits per heavy atom. The lowest BCUT2D eigenvalue weighted by molar-refractivity contribution is -0.118. The van der Waals surface area contributed by atoms with Gasteiger partial charge < -0.3 is 5.73 Å². The number of hydrogen-bond donors (Lipinski definition) is 4. The smallest absolute Gasteiger partial charge is 0.220 e. The van der Waals surface area contributed by atoms with Crippen molar-refractivity contribution in [3.8, 4) is 0 Å². The minimum absolute atomic E-state index is 0.169. The second-order valence-corrected chi connectivity index (χ2v) is 5.37. The second-order valence-electron chi connectivity index (χ2n) is 4.92. The van der Waals surface area contributed by atoms with Gasteiger partial charge in [0.2, 0.25) is 5.91 Å². The summed E-state index contributed by atoms with van der Waals surface area (Å²) in [4.78, 5) is 10.8. The Balaban J connectivity index is 1.89. The molecule has 17 heavy (non-hydrogen) atoms. The van der Waals surface area contributed by atoms with Gasteiger partial charge in [0.1, 0.15) is 5.66 Å². The van der Waals surface area contributed by atoms with Crippen LogP contribution in [-0.2, 0) is 4.79 Å². The standard InChI is InChI=1S/C12H25N3OS/c13-11(16)10-12(14-15-12)8-6-4-2-1-3-5-7-9-17/h14-15,17H,1-10H2,(H2,13,16).